The SMILES string of the molecule is CCc1nccn1CCC(=O)N(CC(C)C)CC1CCN(Cc2ccccc2OC)CC1. The van der Waals surface area contributed by atoms with Crippen molar-refractivity contribution in [1.82, 2.24) is 19.4 Å². The van der Waals surface area contributed by atoms with E-state index < -0.39 is 0 Å². The van der Waals surface area contributed by atoms with E-state index in [1.54, 1.807) is 7.11 Å². The minimum absolute atomic E-state index is 0.269. The van der Waals surface area contributed by atoms with Gasteiger partial charge >= 0.3 is 0 Å². The summed E-state index contributed by atoms with van der Waals surface area (Å²) in [7, 11) is 1.74. The molecule has 2 heterocycles. The van der Waals surface area contributed by atoms with Gasteiger partial charge in [-0.3, -0.25) is 9.69 Å². The highest BCUT2D eigenvalue weighted by atomic mass is 16.5. The predicted molar refractivity (Wildman–Crippen MR) is 129 cm³/mol. The summed E-state index contributed by atoms with van der Waals surface area (Å²) >= 11 is 0. The molecule has 0 spiro atoms. The molecule has 0 radical (unpaired) electrons. The molecule has 0 aliphatic carbocycles. The van der Waals surface area contributed by atoms with Gasteiger partial charge in [-0.15, -0.1) is 0 Å². The highest BCUT2D eigenvalue weighted by molar-refractivity contribution is 5.76. The lowest BCUT2D eigenvalue weighted by atomic mass is 9.95. The Labute approximate surface area is 193 Å². The molecule has 6 heteroatoms. The quantitative estimate of drug-likeness (QED) is 0.524. The van der Waals surface area contributed by atoms with Crippen LogP contribution in [0.15, 0.2) is 36.7 Å². The standard InChI is InChI=1S/C26H40N4O2/c1-5-25-27-13-17-29(25)16-12-26(31)30(18-21(2)3)19-22-10-14-28(15-11-22)20-23-8-6-7-9-24(23)32-4/h6-9,13,17,21-22H,5,10-12,14-16,18-20H2,1-4H3. The van der Waals surface area contributed by atoms with Gasteiger partial charge in [-0.2, -0.15) is 0 Å². The van der Waals surface area contributed by atoms with Crippen LogP contribution in [0, 0.1) is 11.8 Å². The number of aromatic nitrogens is 2. The summed E-state index contributed by atoms with van der Waals surface area (Å²) in [5.74, 6) is 3.34. The molecule has 0 saturated carbocycles. The molecule has 3 rings (SSSR count). The number of nitrogens with zero attached hydrogens (tertiary/aromatic N) is 4. The maximum Gasteiger partial charge on any atom is 0.224 e. The number of carbonyl (C=O) groups excluding carboxylic acids is 1. The molecule has 2 aromatic rings. The molecule has 0 N–H and O–H groups in total. The largest absolute Gasteiger partial charge is 0.496 e. The van der Waals surface area contributed by atoms with Gasteiger partial charge in [0.05, 0.1) is 7.11 Å². The zero-order valence-corrected chi connectivity index (χ0v) is 20.3. The molecule has 1 aromatic carbocycles. The molecule has 1 aromatic heterocycles. The van der Waals surface area contributed by atoms with Crippen molar-refractivity contribution < 1.29 is 9.53 Å². The van der Waals surface area contributed by atoms with Gasteiger partial charge < -0.3 is 14.2 Å². The van der Waals surface area contributed by atoms with Crippen LogP contribution < -0.4 is 4.74 Å². The van der Waals surface area contributed by atoms with Crippen LogP contribution in [0.25, 0.3) is 0 Å². The number of aryl methyl sites for hydroxylation is 2. The molecule has 0 bridgehead atoms. The minimum Gasteiger partial charge on any atom is -0.496 e. The average molecular weight is 441 g/mol. The smallest absolute Gasteiger partial charge is 0.224 e. The first-order valence-electron chi connectivity index (χ1n) is 12.1. The summed E-state index contributed by atoms with van der Waals surface area (Å²) in [5, 5.41) is 0. The fourth-order valence-corrected chi connectivity index (χ4v) is 4.66. The van der Waals surface area contributed by atoms with Crippen molar-refractivity contribution in [1.29, 1.82) is 0 Å². The van der Waals surface area contributed by atoms with Crippen LogP contribution in [-0.4, -0.2) is 58.5 Å². The van der Waals surface area contributed by atoms with Gasteiger partial charge in [-0.25, -0.2) is 4.98 Å². The summed E-state index contributed by atoms with van der Waals surface area (Å²) < 4.78 is 7.62. The predicted octanol–water partition coefficient (Wildman–Crippen LogP) is 4.24. The zero-order chi connectivity index (χ0) is 22.9. The number of piperidine rings is 1. The molecule has 1 amide bonds. The lowest BCUT2D eigenvalue weighted by molar-refractivity contribution is -0.132. The third kappa shape index (κ3) is 6.83. The van der Waals surface area contributed by atoms with Crippen molar-refractivity contribution in [3.8, 4) is 5.75 Å². The summed E-state index contributed by atoms with van der Waals surface area (Å²) in [6, 6.07) is 8.28. The number of likely N-dealkylation sites (tertiary alicyclic amines) is 1. The Balaban J connectivity index is 1.51. The first-order valence-corrected chi connectivity index (χ1v) is 12.1. The first-order chi connectivity index (χ1) is 15.5. The van der Waals surface area contributed by atoms with Crippen LogP contribution in [0.2, 0.25) is 0 Å². The van der Waals surface area contributed by atoms with Gasteiger partial charge in [0.25, 0.3) is 0 Å². The molecule has 0 atom stereocenters. The van der Waals surface area contributed by atoms with Crippen LogP contribution in [0.3, 0.4) is 0 Å². The third-order valence-corrected chi connectivity index (χ3v) is 6.39. The molecule has 1 saturated heterocycles. The van der Waals surface area contributed by atoms with Crippen LogP contribution >= 0.6 is 0 Å². The summed E-state index contributed by atoms with van der Waals surface area (Å²) in [6.45, 7) is 12.0. The Kier molecular flexibility index (Phi) is 9.15. The lowest BCUT2D eigenvalue weighted by Crippen LogP contribution is -2.42. The van der Waals surface area contributed by atoms with E-state index >= 15 is 0 Å². The Morgan fingerprint density at radius 2 is 2.00 bits per heavy atom. The number of imidazole rings is 1. The topological polar surface area (TPSA) is 50.6 Å². The Morgan fingerprint density at radius 1 is 1.25 bits per heavy atom. The van der Waals surface area contributed by atoms with Gasteiger partial charge in [-0.05, 0) is 43.8 Å². The lowest BCUT2D eigenvalue weighted by Gasteiger charge is -2.35. The van der Waals surface area contributed by atoms with Crippen LogP contribution in [-0.2, 0) is 24.3 Å². The van der Waals surface area contributed by atoms with Crippen molar-refractivity contribution in [2.75, 3.05) is 33.3 Å². The van der Waals surface area contributed by atoms with E-state index in [4.69, 9.17) is 4.74 Å². The molecule has 176 valence electrons. The van der Waals surface area contributed by atoms with E-state index in [1.165, 1.54) is 5.56 Å². The van der Waals surface area contributed by atoms with E-state index in [9.17, 15) is 4.79 Å². The van der Waals surface area contributed by atoms with Gasteiger partial charge in [-0.1, -0.05) is 39.0 Å². The Bertz CT molecular complexity index is 840. The van der Waals surface area contributed by atoms with Crippen LogP contribution in [0.5, 0.6) is 5.75 Å². The zero-order valence-electron chi connectivity index (χ0n) is 20.3. The first kappa shape index (κ1) is 24.3. The van der Waals surface area contributed by atoms with E-state index in [-0.39, 0.29) is 5.91 Å². The number of hydrogen-bond acceptors (Lipinski definition) is 4. The van der Waals surface area contributed by atoms with E-state index in [2.05, 4.69) is 52.3 Å². The molecular formula is C26H40N4O2. The summed E-state index contributed by atoms with van der Waals surface area (Å²) in [5.41, 5.74) is 1.25. The monoisotopic (exact) mass is 440 g/mol. The molecule has 1 aliphatic rings. The third-order valence-electron chi connectivity index (χ3n) is 6.39. The number of para-hydroxylation sites is 1. The second-order valence-electron chi connectivity index (χ2n) is 9.36. The normalized spacial score (nSPS) is 15.3. The average Bonchev–Trinajstić information content (AvgIpc) is 3.26. The fourth-order valence-electron chi connectivity index (χ4n) is 4.66. The fraction of sp³-hybridized carbons (Fsp3) is 0.615. The van der Waals surface area contributed by atoms with E-state index in [0.29, 0.717) is 24.8 Å². The molecule has 1 aliphatic heterocycles. The molecule has 6 nitrogen and oxygen atoms in total. The van der Waals surface area contributed by atoms with Gasteiger partial charge in [0.1, 0.15) is 11.6 Å². The second kappa shape index (κ2) is 12.0. The number of methoxy groups -OCH3 is 1. The van der Waals surface area contributed by atoms with Crippen LogP contribution in [0.4, 0.5) is 0 Å². The summed E-state index contributed by atoms with van der Waals surface area (Å²) in [4.78, 5) is 22.1. The highest BCUT2D eigenvalue weighted by Gasteiger charge is 2.24. The van der Waals surface area contributed by atoms with Gasteiger partial charge in [0, 0.05) is 57.0 Å². The number of amides is 1. The van der Waals surface area contributed by atoms with E-state index in [0.717, 1.165) is 63.6 Å². The van der Waals surface area contributed by atoms with Crippen molar-refractivity contribution in [3.05, 3.63) is 48.0 Å². The number of rotatable bonds is 11. The Hall–Kier alpha value is -2.34. The highest BCUT2D eigenvalue weighted by Crippen LogP contribution is 2.24. The molecular weight excluding hydrogens is 400 g/mol. The number of benzene rings is 1. The van der Waals surface area contributed by atoms with E-state index in [1.807, 2.05) is 24.5 Å². The Morgan fingerprint density at radius 3 is 2.69 bits per heavy atom. The second-order valence-corrected chi connectivity index (χ2v) is 9.36. The molecule has 0 unspecified atom stereocenters. The summed E-state index contributed by atoms with van der Waals surface area (Å²) in [6.07, 6.45) is 7.52. The number of carbonyl (C=O) groups is 1. The van der Waals surface area contributed by atoms with Crippen molar-refractivity contribution >= 4 is 5.91 Å². The van der Waals surface area contributed by atoms with Gasteiger partial charge in [0.15, 0.2) is 0 Å². The van der Waals surface area contributed by atoms with Gasteiger partial charge in [0.2, 0.25) is 5.91 Å². The van der Waals surface area contributed by atoms with Crippen LogP contribution in [0.1, 0.15) is 51.4 Å². The number of ether oxygens (including phenoxy) is 1. The van der Waals surface area contributed by atoms with Crippen molar-refractivity contribution in [3.63, 3.8) is 0 Å². The maximum atomic E-state index is 13.1. The molecule has 32 heavy (non-hydrogen) atoms. The van der Waals surface area contributed by atoms with Crippen molar-refractivity contribution in [2.24, 2.45) is 11.8 Å². The minimum atomic E-state index is 0.269. The maximum absolute atomic E-state index is 13.1. The number of hydrogen-bond donors (Lipinski definition) is 0. The van der Waals surface area contributed by atoms with Crippen molar-refractivity contribution in [2.45, 2.75) is 59.5 Å². The molecule has 1 fully saturated rings.